The van der Waals surface area contributed by atoms with Gasteiger partial charge in [-0.2, -0.15) is 0 Å². The Kier molecular flexibility index (Phi) is 8.01. The van der Waals surface area contributed by atoms with Gasteiger partial charge in [0, 0.05) is 37.2 Å². The maximum Gasteiger partial charge on any atom is 0.335 e. The van der Waals surface area contributed by atoms with Crippen molar-refractivity contribution in [2.75, 3.05) is 0 Å². The maximum absolute atomic E-state index is 12.6. The van der Waals surface area contributed by atoms with Crippen LogP contribution in [0.2, 0.25) is 0 Å². The second-order valence-corrected chi connectivity index (χ2v) is 14.4. The third kappa shape index (κ3) is 5.13. The first-order chi connectivity index (χ1) is 20.5. The van der Waals surface area contributed by atoms with Crippen LogP contribution >= 0.6 is 0 Å². The van der Waals surface area contributed by atoms with Crippen molar-refractivity contribution in [3.63, 3.8) is 0 Å². The van der Waals surface area contributed by atoms with E-state index >= 15 is 0 Å². The molecular formula is C34H46O9. The minimum atomic E-state index is -0.772. The summed E-state index contributed by atoms with van der Waals surface area (Å²) in [7, 11) is 0. The van der Waals surface area contributed by atoms with E-state index in [4.69, 9.17) is 23.7 Å². The zero-order chi connectivity index (χ0) is 30.6. The van der Waals surface area contributed by atoms with Gasteiger partial charge in [0.2, 0.25) is 0 Å². The van der Waals surface area contributed by atoms with Crippen LogP contribution in [0.4, 0.5) is 0 Å². The molecule has 6 rings (SSSR count). The Labute approximate surface area is 253 Å². The fourth-order valence-electron chi connectivity index (χ4n) is 10.3. The van der Waals surface area contributed by atoms with E-state index in [9.17, 15) is 19.2 Å². The highest BCUT2D eigenvalue weighted by Crippen LogP contribution is 2.78. The van der Waals surface area contributed by atoms with E-state index in [0.29, 0.717) is 30.6 Å². The minimum absolute atomic E-state index is 0.0389. The second kappa shape index (κ2) is 11.4. The van der Waals surface area contributed by atoms with Crippen LogP contribution in [0.5, 0.6) is 0 Å². The van der Waals surface area contributed by atoms with Crippen LogP contribution in [0.15, 0.2) is 27.6 Å². The molecule has 1 saturated heterocycles. The molecule has 1 aliphatic heterocycles. The molecule has 0 aromatic carbocycles. The molecule has 4 aliphatic carbocycles. The summed E-state index contributed by atoms with van der Waals surface area (Å²) in [6.45, 7) is 6.19. The molecule has 5 fully saturated rings. The van der Waals surface area contributed by atoms with Crippen molar-refractivity contribution < 1.29 is 38.1 Å². The van der Waals surface area contributed by atoms with Gasteiger partial charge in [-0.1, -0.05) is 26.7 Å². The standard InChI is InChI=1S/C34H46O9/c1-20(35)41-30-29(21-10-13-27(38)40-19-21)33(3)17-15-24-25(34(33)31(30)43-34)12-11-22-18-23(14-16-32(22,24)2)42-28(39)9-7-5-4-6-8-26(36)37/h10,13,19,22-25,29-31H,4-9,11-12,14-18H2,1-3H3,(H,36,37). The van der Waals surface area contributed by atoms with Gasteiger partial charge in [-0.05, 0) is 92.6 Å². The second-order valence-electron chi connectivity index (χ2n) is 14.4. The van der Waals surface area contributed by atoms with Crippen LogP contribution < -0.4 is 5.63 Å². The summed E-state index contributed by atoms with van der Waals surface area (Å²) in [5.41, 5.74) is 0.0266. The molecule has 1 N–H and O–H groups in total. The molecule has 10 atom stereocenters. The average Bonchev–Trinajstić information content (AvgIpc) is 3.66. The lowest BCUT2D eigenvalue weighted by molar-refractivity contribution is -0.168. The summed E-state index contributed by atoms with van der Waals surface area (Å²) in [6.07, 6.45) is 11.5. The van der Waals surface area contributed by atoms with Crippen LogP contribution in [0.25, 0.3) is 0 Å². The normalized spacial score (nSPS) is 40.8. The van der Waals surface area contributed by atoms with Crippen LogP contribution in [-0.4, -0.2) is 46.9 Å². The van der Waals surface area contributed by atoms with E-state index in [-0.39, 0.29) is 52.9 Å². The van der Waals surface area contributed by atoms with E-state index in [2.05, 4.69) is 13.8 Å². The van der Waals surface area contributed by atoms with Gasteiger partial charge in [-0.3, -0.25) is 14.4 Å². The summed E-state index contributed by atoms with van der Waals surface area (Å²) in [6, 6.07) is 3.27. The van der Waals surface area contributed by atoms with Crippen molar-refractivity contribution in [2.45, 2.75) is 134 Å². The molecule has 10 unspecified atom stereocenters. The molecule has 9 nitrogen and oxygen atoms in total. The lowest BCUT2D eigenvalue weighted by atomic mass is 9.44. The third-order valence-corrected chi connectivity index (χ3v) is 12.3. The van der Waals surface area contributed by atoms with Gasteiger partial charge in [0.05, 0.1) is 6.26 Å². The van der Waals surface area contributed by atoms with Crippen molar-refractivity contribution in [2.24, 2.45) is 28.6 Å². The van der Waals surface area contributed by atoms with E-state index in [1.807, 2.05) is 6.07 Å². The lowest BCUT2D eigenvalue weighted by Crippen LogP contribution is -2.58. The fraction of sp³-hybridized carbons (Fsp3) is 0.765. The van der Waals surface area contributed by atoms with E-state index in [0.717, 1.165) is 69.8 Å². The molecule has 2 heterocycles. The van der Waals surface area contributed by atoms with E-state index < -0.39 is 17.7 Å². The predicted octanol–water partition coefficient (Wildman–Crippen LogP) is 5.78. The Morgan fingerprint density at radius 1 is 0.953 bits per heavy atom. The summed E-state index contributed by atoms with van der Waals surface area (Å²) >= 11 is 0. The molecule has 4 saturated carbocycles. The molecule has 43 heavy (non-hydrogen) atoms. The SMILES string of the molecule is CC(=O)OC1C(c2ccc(=O)oc2)C2(C)CCC3C(CCC4CC(OC(=O)CCCCCCC(=O)O)CCC43C)C23OC13. The van der Waals surface area contributed by atoms with Crippen molar-refractivity contribution in [1.29, 1.82) is 0 Å². The Morgan fingerprint density at radius 3 is 2.42 bits per heavy atom. The number of unbranched alkanes of at least 4 members (excludes halogenated alkanes) is 3. The summed E-state index contributed by atoms with van der Waals surface area (Å²) in [5, 5.41) is 8.76. The molecular weight excluding hydrogens is 552 g/mol. The highest BCUT2D eigenvalue weighted by atomic mass is 16.7. The Morgan fingerprint density at radius 2 is 1.72 bits per heavy atom. The zero-order valence-corrected chi connectivity index (χ0v) is 25.7. The largest absolute Gasteiger partial charge is 0.481 e. The molecule has 0 bridgehead atoms. The Hall–Kier alpha value is -2.68. The smallest absolute Gasteiger partial charge is 0.335 e. The lowest BCUT2D eigenvalue weighted by Gasteiger charge is -2.61. The molecule has 1 aromatic rings. The van der Waals surface area contributed by atoms with Crippen LogP contribution in [0, 0.1) is 28.6 Å². The van der Waals surface area contributed by atoms with Gasteiger partial charge in [-0.25, -0.2) is 4.79 Å². The molecule has 236 valence electrons. The third-order valence-electron chi connectivity index (χ3n) is 12.3. The van der Waals surface area contributed by atoms with Crippen molar-refractivity contribution in [3.05, 3.63) is 34.4 Å². The van der Waals surface area contributed by atoms with Gasteiger partial charge < -0.3 is 23.7 Å². The van der Waals surface area contributed by atoms with E-state index in [1.165, 1.54) is 13.0 Å². The minimum Gasteiger partial charge on any atom is -0.481 e. The number of aliphatic carboxylic acids is 1. The first-order valence-electron chi connectivity index (χ1n) is 16.3. The number of esters is 2. The van der Waals surface area contributed by atoms with Gasteiger partial charge >= 0.3 is 23.5 Å². The van der Waals surface area contributed by atoms with Gasteiger partial charge in [0.1, 0.15) is 23.9 Å². The first-order valence-corrected chi connectivity index (χ1v) is 16.3. The number of hydrogen-bond donors (Lipinski definition) is 1. The van der Waals surface area contributed by atoms with Crippen molar-refractivity contribution >= 4 is 17.9 Å². The average molecular weight is 599 g/mol. The molecule has 0 amide bonds. The Balaban J connectivity index is 1.12. The number of rotatable bonds is 10. The number of fused-ring (bicyclic) bond motifs is 3. The number of carboxylic acid groups (broad SMARTS) is 1. The number of carbonyl (C=O) groups is 3. The van der Waals surface area contributed by atoms with Crippen molar-refractivity contribution in [3.8, 4) is 0 Å². The van der Waals surface area contributed by atoms with Gasteiger partial charge in [-0.15, -0.1) is 0 Å². The summed E-state index contributed by atoms with van der Waals surface area (Å²) in [4.78, 5) is 47.3. The topological polar surface area (TPSA) is 133 Å². The van der Waals surface area contributed by atoms with E-state index in [1.54, 1.807) is 6.26 Å². The highest BCUT2D eigenvalue weighted by Gasteiger charge is 2.84. The number of carbonyl (C=O) groups excluding carboxylic acids is 2. The quantitative estimate of drug-likeness (QED) is 0.202. The van der Waals surface area contributed by atoms with Crippen molar-refractivity contribution in [1.82, 2.24) is 0 Å². The number of epoxide rings is 1. The monoisotopic (exact) mass is 598 g/mol. The van der Waals surface area contributed by atoms with Gasteiger partial charge in [0.25, 0.3) is 0 Å². The highest BCUT2D eigenvalue weighted by molar-refractivity contribution is 5.69. The zero-order valence-electron chi connectivity index (χ0n) is 25.7. The molecule has 5 aliphatic rings. The molecule has 1 spiro atoms. The molecule has 0 radical (unpaired) electrons. The molecule has 9 heteroatoms. The fourth-order valence-corrected chi connectivity index (χ4v) is 10.3. The number of carboxylic acids is 1. The summed E-state index contributed by atoms with van der Waals surface area (Å²) in [5.74, 6) is 0.00291. The Bertz CT molecular complexity index is 1280. The van der Waals surface area contributed by atoms with Crippen LogP contribution in [-0.2, 0) is 28.6 Å². The maximum atomic E-state index is 12.6. The first kappa shape index (κ1) is 30.4. The van der Waals surface area contributed by atoms with Crippen LogP contribution in [0.3, 0.4) is 0 Å². The molecule has 1 aromatic heterocycles. The van der Waals surface area contributed by atoms with Gasteiger partial charge in [0.15, 0.2) is 0 Å². The van der Waals surface area contributed by atoms with Crippen LogP contribution in [0.1, 0.15) is 116 Å². The summed E-state index contributed by atoms with van der Waals surface area (Å²) < 4.78 is 23.9. The number of hydrogen-bond acceptors (Lipinski definition) is 8. The number of ether oxygens (including phenoxy) is 3. The predicted molar refractivity (Wildman–Crippen MR) is 155 cm³/mol.